The predicted octanol–water partition coefficient (Wildman–Crippen LogP) is 1.19. The first-order valence-electron chi connectivity index (χ1n) is 6.16. The van der Waals surface area contributed by atoms with E-state index >= 15 is 0 Å². The molecule has 0 aliphatic rings. The van der Waals surface area contributed by atoms with Gasteiger partial charge in [-0.15, -0.1) is 0 Å². The number of rotatable bonds is 7. The summed E-state index contributed by atoms with van der Waals surface area (Å²) in [5, 5.41) is 9.47. The molecule has 0 saturated heterocycles. The standard InChI is InChI=1S/C14H18O7/c1-5-21-13(17)14(20-4,12(15)16)9-6-7-10(18-2)11(8-9)19-3/h6-8H,5H2,1-4H3,(H,15,16). The zero-order valence-electron chi connectivity index (χ0n) is 12.3. The number of methoxy groups -OCH3 is 3. The van der Waals surface area contributed by atoms with Gasteiger partial charge in [-0.2, -0.15) is 0 Å². The Morgan fingerprint density at radius 3 is 2.19 bits per heavy atom. The third-order valence-corrected chi connectivity index (χ3v) is 2.96. The summed E-state index contributed by atoms with van der Waals surface area (Å²) in [7, 11) is 3.98. The fraction of sp³-hybridized carbons (Fsp3) is 0.429. The molecule has 0 saturated carbocycles. The molecule has 1 unspecified atom stereocenters. The van der Waals surface area contributed by atoms with E-state index in [1.807, 2.05) is 0 Å². The number of carboxylic acids is 1. The Morgan fingerprint density at radius 2 is 1.76 bits per heavy atom. The quantitative estimate of drug-likeness (QED) is 0.597. The minimum absolute atomic E-state index is 0.0323. The summed E-state index contributed by atoms with van der Waals surface area (Å²) >= 11 is 0. The molecule has 0 heterocycles. The first-order valence-corrected chi connectivity index (χ1v) is 6.16. The van der Waals surface area contributed by atoms with Gasteiger partial charge in [-0.05, 0) is 19.1 Å². The molecular weight excluding hydrogens is 280 g/mol. The van der Waals surface area contributed by atoms with Crippen molar-refractivity contribution in [1.29, 1.82) is 0 Å². The van der Waals surface area contributed by atoms with Gasteiger partial charge in [-0.1, -0.05) is 6.07 Å². The van der Waals surface area contributed by atoms with E-state index in [-0.39, 0.29) is 17.9 Å². The number of ether oxygens (including phenoxy) is 4. The van der Waals surface area contributed by atoms with E-state index < -0.39 is 17.5 Å². The predicted molar refractivity (Wildman–Crippen MR) is 72.5 cm³/mol. The molecule has 116 valence electrons. The maximum atomic E-state index is 12.1. The number of carbonyl (C=O) groups excluding carboxylic acids is 1. The molecule has 0 aromatic heterocycles. The normalized spacial score (nSPS) is 13.1. The van der Waals surface area contributed by atoms with E-state index in [1.54, 1.807) is 6.92 Å². The van der Waals surface area contributed by atoms with Gasteiger partial charge < -0.3 is 24.1 Å². The molecule has 0 radical (unpaired) electrons. The molecule has 0 fully saturated rings. The second kappa shape index (κ2) is 6.94. The van der Waals surface area contributed by atoms with Gasteiger partial charge in [0.25, 0.3) is 5.60 Å². The van der Waals surface area contributed by atoms with Gasteiger partial charge in [-0.3, -0.25) is 0 Å². The third-order valence-electron chi connectivity index (χ3n) is 2.96. The summed E-state index contributed by atoms with van der Waals surface area (Å²) in [6, 6.07) is 4.27. The maximum absolute atomic E-state index is 12.1. The van der Waals surface area contributed by atoms with E-state index in [9.17, 15) is 14.7 Å². The average Bonchev–Trinajstić information content (AvgIpc) is 2.48. The highest BCUT2D eigenvalue weighted by Crippen LogP contribution is 2.35. The van der Waals surface area contributed by atoms with E-state index in [0.717, 1.165) is 7.11 Å². The van der Waals surface area contributed by atoms with E-state index in [2.05, 4.69) is 0 Å². The van der Waals surface area contributed by atoms with Crippen LogP contribution in [-0.2, 0) is 24.7 Å². The third kappa shape index (κ3) is 2.92. The van der Waals surface area contributed by atoms with Gasteiger partial charge in [-0.25, -0.2) is 9.59 Å². The molecule has 0 spiro atoms. The van der Waals surface area contributed by atoms with E-state index in [4.69, 9.17) is 18.9 Å². The molecule has 7 nitrogen and oxygen atoms in total. The first kappa shape index (κ1) is 16.8. The topological polar surface area (TPSA) is 91.3 Å². The van der Waals surface area contributed by atoms with Crippen LogP contribution in [0.15, 0.2) is 18.2 Å². The molecule has 1 N–H and O–H groups in total. The number of benzene rings is 1. The first-order chi connectivity index (χ1) is 9.97. The number of esters is 1. The minimum Gasteiger partial charge on any atom is -0.493 e. The molecule has 1 aromatic rings. The summed E-state index contributed by atoms with van der Waals surface area (Å²) in [6.45, 7) is 1.61. The molecule has 0 bridgehead atoms. The van der Waals surface area contributed by atoms with Crippen molar-refractivity contribution in [2.45, 2.75) is 12.5 Å². The second-order valence-corrected chi connectivity index (χ2v) is 3.98. The number of carbonyl (C=O) groups is 2. The molecule has 1 atom stereocenters. The largest absolute Gasteiger partial charge is 0.493 e. The summed E-state index contributed by atoms with van der Waals surface area (Å²) in [5.74, 6) is -1.80. The second-order valence-electron chi connectivity index (χ2n) is 3.98. The monoisotopic (exact) mass is 298 g/mol. The van der Waals surface area contributed by atoms with Gasteiger partial charge in [0, 0.05) is 12.7 Å². The number of hydrogen-bond acceptors (Lipinski definition) is 6. The van der Waals surface area contributed by atoms with E-state index in [0.29, 0.717) is 5.75 Å². The van der Waals surface area contributed by atoms with Crippen LogP contribution in [0.25, 0.3) is 0 Å². The lowest BCUT2D eigenvalue weighted by molar-refractivity contribution is -0.185. The van der Waals surface area contributed by atoms with Crippen molar-refractivity contribution in [1.82, 2.24) is 0 Å². The highest BCUT2D eigenvalue weighted by molar-refractivity contribution is 6.03. The van der Waals surface area contributed by atoms with Gasteiger partial charge in [0.1, 0.15) is 0 Å². The van der Waals surface area contributed by atoms with Gasteiger partial charge >= 0.3 is 11.9 Å². The lowest BCUT2D eigenvalue weighted by atomic mass is 9.93. The Morgan fingerprint density at radius 1 is 1.14 bits per heavy atom. The van der Waals surface area contributed by atoms with Crippen molar-refractivity contribution >= 4 is 11.9 Å². The number of aliphatic carboxylic acids is 1. The van der Waals surface area contributed by atoms with Gasteiger partial charge in [0.2, 0.25) is 0 Å². The van der Waals surface area contributed by atoms with Gasteiger partial charge in [0.15, 0.2) is 11.5 Å². The molecule has 1 aromatic carbocycles. The molecule has 7 heteroatoms. The van der Waals surface area contributed by atoms with Crippen molar-refractivity contribution in [2.75, 3.05) is 27.9 Å². The molecule has 0 amide bonds. The summed E-state index contributed by atoms with van der Waals surface area (Å²) < 4.78 is 20.0. The van der Waals surface area contributed by atoms with Crippen molar-refractivity contribution in [3.63, 3.8) is 0 Å². The SMILES string of the molecule is CCOC(=O)C(OC)(C(=O)O)c1ccc(OC)c(OC)c1. The van der Waals surface area contributed by atoms with Crippen molar-refractivity contribution < 1.29 is 33.6 Å². The fourth-order valence-electron chi connectivity index (χ4n) is 1.91. The zero-order chi connectivity index (χ0) is 16.0. The van der Waals surface area contributed by atoms with Crippen LogP contribution in [0.4, 0.5) is 0 Å². The van der Waals surface area contributed by atoms with E-state index in [1.165, 1.54) is 32.4 Å². The lowest BCUT2D eigenvalue weighted by Gasteiger charge is -2.26. The number of hydrogen-bond donors (Lipinski definition) is 1. The average molecular weight is 298 g/mol. The lowest BCUT2D eigenvalue weighted by Crippen LogP contribution is -2.46. The van der Waals surface area contributed by atoms with Crippen LogP contribution in [0.3, 0.4) is 0 Å². The molecule has 0 aliphatic carbocycles. The zero-order valence-corrected chi connectivity index (χ0v) is 12.3. The Hall–Kier alpha value is -2.28. The highest BCUT2D eigenvalue weighted by Gasteiger charge is 2.50. The van der Waals surface area contributed by atoms with Crippen LogP contribution in [0.2, 0.25) is 0 Å². The smallest absolute Gasteiger partial charge is 0.355 e. The fourth-order valence-corrected chi connectivity index (χ4v) is 1.91. The summed E-state index contributed by atoms with van der Waals surface area (Å²) in [5.41, 5.74) is -2.18. The molecular formula is C14H18O7. The molecule has 21 heavy (non-hydrogen) atoms. The van der Waals surface area contributed by atoms with Crippen LogP contribution in [-0.4, -0.2) is 45.0 Å². The Kier molecular flexibility index (Phi) is 5.54. The van der Waals surface area contributed by atoms with Crippen LogP contribution in [0, 0.1) is 0 Å². The van der Waals surface area contributed by atoms with Crippen LogP contribution < -0.4 is 9.47 Å². The van der Waals surface area contributed by atoms with Crippen LogP contribution >= 0.6 is 0 Å². The van der Waals surface area contributed by atoms with Gasteiger partial charge in [0.05, 0.1) is 20.8 Å². The highest BCUT2D eigenvalue weighted by atomic mass is 16.6. The maximum Gasteiger partial charge on any atom is 0.355 e. The van der Waals surface area contributed by atoms with Crippen molar-refractivity contribution in [3.05, 3.63) is 23.8 Å². The van der Waals surface area contributed by atoms with Crippen LogP contribution in [0.5, 0.6) is 11.5 Å². The number of carboxylic acid groups (broad SMARTS) is 1. The Labute approximate surface area is 122 Å². The van der Waals surface area contributed by atoms with Crippen molar-refractivity contribution in [3.8, 4) is 11.5 Å². The minimum atomic E-state index is -2.25. The Bertz CT molecular complexity index is 526. The van der Waals surface area contributed by atoms with Crippen LogP contribution in [0.1, 0.15) is 12.5 Å². The summed E-state index contributed by atoms with van der Waals surface area (Å²) in [4.78, 5) is 23.7. The molecule has 0 aliphatic heterocycles. The molecule has 1 rings (SSSR count). The van der Waals surface area contributed by atoms with Crippen molar-refractivity contribution in [2.24, 2.45) is 0 Å². The summed E-state index contributed by atoms with van der Waals surface area (Å²) in [6.07, 6.45) is 0. The Balaban J connectivity index is 3.46.